The molecule has 6 rings (SSSR count). The van der Waals surface area contributed by atoms with E-state index in [1.807, 2.05) is 12.1 Å². The van der Waals surface area contributed by atoms with Crippen LogP contribution >= 0.6 is 0 Å². The summed E-state index contributed by atoms with van der Waals surface area (Å²) in [6.45, 7) is 0. The Hall–Kier alpha value is -4.70. The number of benzene rings is 6. The maximum atomic E-state index is 12.3. The fraction of sp³-hybridized carbons (Fsp3) is 0.0625. The summed E-state index contributed by atoms with van der Waals surface area (Å²) in [6.07, 6.45) is 0. The monoisotopic (exact) mass is 470 g/mol. The van der Waals surface area contributed by atoms with Crippen molar-refractivity contribution < 1.29 is 19.1 Å². The third-order valence-electron chi connectivity index (χ3n) is 6.84. The van der Waals surface area contributed by atoms with Crippen molar-refractivity contribution in [2.45, 2.75) is 0 Å². The molecule has 0 bridgehead atoms. The molecule has 36 heavy (non-hydrogen) atoms. The highest BCUT2D eigenvalue weighted by atomic mass is 16.5. The van der Waals surface area contributed by atoms with E-state index < -0.39 is 11.9 Å². The van der Waals surface area contributed by atoms with Gasteiger partial charge in [0.25, 0.3) is 0 Å². The Morgan fingerprint density at radius 3 is 1.53 bits per heavy atom. The van der Waals surface area contributed by atoms with Crippen molar-refractivity contribution >= 4 is 44.3 Å². The van der Waals surface area contributed by atoms with E-state index in [4.69, 9.17) is 9.47 Å². The van der Waals surface area contributed by atoms with Crippen molar-refractivity contribution in [1.29, 1.82) is 0 Å². The molecule has 0 fully saturated rings. The maximum Gasteiger partial charge on any atom is 0.338 e. The summed E-state index contributed by atoms with van der Waals surface area (Å²) >= 11 is 0. The summed E-state index contributed by atoms with van der Waals surface area (Å²) in [5, 5.41) is 7.56. The number of methoxy groups -OCH3 is 2. The van der Waals surface area contributed by atoms with Crippen molar-refractivity contribution in [1.82, 2.24) is 0 Å². The molecular weight excluding hydrogens is 448 g/mol. The lowest BCUT2D eigenvalue weighted by Gasteiger charge is -2.13. The first-order valence-corrected chi connectivity index (χ1v) is 11.7. The van der Waals surface area contributed by atoms with Crippen LogP contribution in [0.25, 0.3) is 54.6 Å². The average Bonchev–Trinajstić information content (AvgIpc) is 2.94. The van der Waals surface area contributed by atoms with Gasteiger partial charge in [-0.15, -0.1) is 0 Å². The van der Waals surface area contributed by atoms with Gasteiger partial charge in [0.05, 0.1) is 25.3 Å². The maximum absolute atomic E-state index is 12.3. The van der Waals surface area contributed by atoms with Crippen LogP contribution in [0.2, 0.25) is 0 Å². The quantitative estimate of drug-likeness (QED) is 0.198. The van der Waals surface area contributed by atoms with Gasteiger partial charge >= 0.3 is 11.9 Å². The molecule has 0 saturated carbocycles. The van der Waals surface area contributed by atoms with Gasteiger partial charge in [0, 0.05) is 0 Å². The summed E-state index contributed by atoms with van der Waals surface area (Å²) in [6, 6.07) is 32.9. The molecule has 6 aromatic rings. The number of rotatable bonds is 4. The van der Waals surface area contributed by atoms with Crippen LogP contribution in [0.3, 0.4) is 0 Å². The third kappa shape index (κ3) is 3.46. The zero-order valence-corrected chi connectivity index (χ0v) is 19.9. The predicted octanol–water partition coefficient (Wildman–Crippen LogP) is 7.49. The Bertz CT molecular complexity index is 1720. The molecule has 0 aromatic heterocycles. The highest BCUT2D eigenvalue weighted by Gasteiger charge is 2.19. The number of carbonyl (C=O) groups excluding carboxylic acids is 2. The van der Waals surface area contributed by atoms with Gasteiger partial charge in [-0.2, -0.15) is 0 Å². The molecule has 0 aliphatic rings. The number of hydrogen-bond donors (Lipinski definition) is 0. The van der Waals surface area contributed by atoms with Crippen molar-refractivity contribution in [2.24, 2.45) is 0 Å². The van der Waals surface area contributed by atoms with Gasteiger partial charge in [-0.1, -0.05) is 72.8 Å². The van der Waals surface area contributed by atoms with Crippen molar-refractivity contribution in [3.63, 3.8) is 0 Å². The lowest BCUT2D eigenvalue weighted by Crippen LogP contribution is -2.11. The molecule has 4 nitrogen and oxygen atoms in total. The molecule has 4 heteroatoms. The van der Waals surface area contributed by atoms with Crippen LogP contribution in [-0.4, -0.2) is 26.2 Å². The van der Waals surface area contributed by atoms with E-state index in [1.165, 1.54) is 46.5 Å². The first kappa shape index (κ1) is 21.8. The third-order valence-corrected chi connectivity index (χ3v) is 6.84. The highest BCUT2D eigenvalue weighted by molar-refractivity contribution is 6.23. The van der Waals surface area contributed by atoms with E-state index in [1.54, 1.807) is 18.2 Å². The topological polar surface area (TPSA) is 52.6 Å². The fourth-order valence-corrected chi connectivity index (χ4v) is 5.07. The smallest absolute Gasteiger partial charge is 0.338 e. The number of carbonyl (C=O) groups is 2. The van der Waals surface area contributed by atoms with Crippen LogP contribution in [0.4, 0.5) is 0 Å². The Morgan fingerprint density at radius 2 is 0.944 bits per heavy atom. The Kier molecular flexibility index (Phi) is 5.15. The number of hydrogen-bond acceptors (Lipinski definition) is 4. The van der Waals surface area contributed by atoms with Crippen molar-refractivity contribution in [2.75, 3.05) is 14.2 Å². The Morgan fingerprint density at radius 1 is 0.472 bits per heavy atom. The summed E-state index contributed by atoms with van der Waals surface area (Å²) in [4.78, 5) is 24.4. The molecule has 6 aromatic carbocycles. The molecule has 0 saturated heterocycles. The van der Waals surface area contributed by atoms with E-state index in [-0.39, 0.29) is 11.1 Å². The van der Waals surface area contributed by atoms with Crippen LogP contribution in [0.15, 0.2) is 97.1 Å². The second-order valence-electron chi connectivity index (χ2n) is 8.83. The fourth-order valence-electron chi connectivity index (χ4n) is 5.07. The summed E-state index contributed by atoms with van der Waals surface area (Å²) in [5.41, 5.74) is 4.34. The molecule has 0 spiro atoms. The van der Waals surface area contributed by atoms with Gasteiger partial charge < -0.3 is 9.47 Å². The molecule has 0 aliphatic heterocycles. The van der Waals surface area contributed by atoms with E-state index in [9.17, 15) is 9.59 Å². The second kappa shape index (κ2) is 8.51. The zero-order valence-electron chi connectivity index (χ0n) is 19.9. The summed E-state index contributed by atoms with van der Waals surface area (Å²) in [7, 11) is 2.58. The Labute approximate surface area is 208 Å². The van der Waals surface area contributed by atoms with Crippen molar-refractivity contribution in [3.8, 4) is 22.3 Å². The van der Waals surface area contributed by atoms with E-state index in [2.05, 4.69) is 66.7 Å². The molecule has 0 atom stereocenters. The van der Waals surface area contributed by atoms with Gasteiger partial charge in [-0.25, -0.2) is 9.59 Å². The van der Waals surface area contributed by atoms with Crippen LogP contribution in [0.5, 0.6) is 0 Å². The minimum absolute atomic E-state index is 0.179. The van der Waals surface area contributed by atoms with Crippen LogP contribution in [-0.2, 0) is 9.47 Å². The number of ether oxygens (including phenoxy) is 2. The van der Waals surface area contributed by atoms with E-state index in [0.29, 0.717) is 0 Å². The first-order valence-electron chi connectivity index (χ1n) is 11.7. The molecule has 0 N–H and O–H groups in total. The van der Waals surface area contributed by atoms with E-state index >= 15 is 0 Å². The summed E-state index contributed by atoms with van der Waals surface area (Å²) in [5.74, 6) is -1.16. The van der Waals surface area contributed by atoms with Crippen LogP contribution < -0.4 is 0 Å². The van der Waals surface area contributed by atoms with Crippen LogP contribution in [0, 0.1) is 0 Å². The minimum atomic E-state index is -0.581. The largest absolute Gasteiger partial charge is 0.465 e. The van der Waals surface area contributed by atoms with Gasteiger partial charge in [-0.05, 0) is 78.8 Å². The molecular formula is C32H22O4. The molecule has 174 valence electrons. The van der Waals surface area contributed by atoms with Gasteiger partial charge in [0.1, 0.15) is 0 Å². The molecule has 0 radical (unpaired) electrons. The molecule has 0 aliphatic carbocycles. The normalized spacial score (nSPS) is 11.3. The molecule has 0 unspecified atom stereocenters. The standard InChI is InChI=1S/C32H22O4/c1-35-31(33)27-15-14-23(18-28(27)32(34)36-2)19-6-8-20(9-7-19)26-16-24-12-10-21-4-3-5-22-11-13-25(17-26)30(24)29(21)22/h3-18H,1-2H3. The Balaban J connectivity index is 1.41. The van der Waals surface area contributed by atoms with Crippen molar-refractivity contribution in [3.05, 3.63) is 108 Å². The molecule has 0 amide bonds. The van der Waals surface area contributed by atoms with Gasteiger partial charge in [-0.3, -0.25) is 0 Å². The first-order chi connectivity index (χ1) is 17.6. The SMILES string of the molecule is COC(=O)c1ccc(-c2ccc(-c3cc4ccc5cccc6ccc(c3)c4c56)cc2)cc1C(=O)OC. The second-order valence-corrected chi connectivity index (χ2v) is 8.83. The molecule has 0 heterocycles. The van der Waals surface area contributed by atoms with E-state index in [0.717, 1.165) is 22.3 Å². The van der Waals surface area contributed by atoms with Gasteiger partial charge in [0.15, 0.2) is 0 Å². The lowest BCUT2D eigenvalue weighted by atomic mass is 9.91. The van der Waals surface area contributed by atoms with Gasteiger partial charge in [0.2, 0.25) is 0 Å². The van der Waals surface area contributed by atoms with Crippen LogP contribution in [0.1, 0.15) is 20.7 Å². The number of esters is 2. The zero-order chi connectivity index (χ0) is 24.8. The highest BCUT2D eigenvalue weighted by Crippen LogP contribution is 2.37. The minimum Gasteiger partial charge on any atom is -0.465 e. The lowest BCUT2D eigenvalue weighted by molar-refractivity contribution is 0.0555. The summed E-state index contributed by atoms with van der Waals surface area (Å²) < 4.78 is 9.68. The average molecular weight is 471 g/mol. The predicted molar refractivity (Wildman–Crippen MR) is 144 cm³/mol.